The Bertz CT molecular complexity index is 847. The molecule has 0 aromatic heterocycles. The van der Waals surface area contributed by atoms with Gasteiger partial charge in [0.25, 0.3) is 0 Å². The summed E-state index contributed by atoms with van der Waals surface area (Å²) in [6.45, 7) is 2.11. The summed E-state index contributed by atoms with van der Waals surface area (Å²) in [4.78, 5) is 0. The molecule has 1 atom stereocenters. The summed E-state index contributed by atoms with van der Waals surface area (Å²) in [5.41, 5.74) is 4.49. The van der Waals surface area contributed by atoms with E-state index in [0.717, 1.165) is 11.3 Å². The number of anilines is 1. The fourth-order valence-electron chi connectivity index (χ4n) is 2.73. The number of nitrogens with one attached hydrogen (secondary N) is 2. The predicted octanol–water partition coefficient (Wildman–Crippen LogP) is 5.72. The molecule has 0 unspecified atom stereocenters. The van der Waals surface area contributed by atoms with E-state index in [1.165, 1.54) is 11.1 Å². The second kappa shape index (κ2) is 8.15. The van der Waals surface area contributed by atoms with Crippen LogP contribution in [0, 0.1) is 6.92 Å². The molecule has 0 spiro atoms. The average molecular weight is 367 g/mol. The highest BCUT2D eigenvalue weighted by molar-refractivity contribution is 7.80. The molecule has 0 heterocycles. The monoisotopic (exact) mass is 366 g/mol. The Morgan fingerprint density at radius 2 is 1.52 bits per heavy atom. The van der Waals surface area contributed by atoms with Crippen molar-refractivity contribution >= 4 is 34.6 Å². The first-order valence-electron chi connectivity index (χ1n) is 8.07. The van der Waals surface area contributed by atoms with Crippen LogP contribution < -0.4 is 10.6 Å². The number of rotatable bonds is 4. The Hall–Kier alpha value is -2.36. The van der Waals surface area contributed by atoms with E-state index in [2.05, 4.69) is 47.9 Å². The third kappa shape index (κ3) is 4.59. The first-order valence-corrected chi connectivity index (χ1v) is 8.85. The normalized spacial score (nSPS) is 11.6. The second-order valence-corrected chi connectivity index (χ2v) is 6.65. The van der Waals surface area contributed by atoms with Gasteiger partial charge in [-0.1, -0.05) is 66.2 Å². The fraction of sp³-hybridized carbons (Fsp3) is 0.0952. The lowest BCUT2D eigenvalue weighted by Crippen LogP contribution is -2.33. The van der Waals surface area contributed by atoms with E-state index in [-0.39, 0.29) is 6.04 Å². The lowest BCUT2D eigenvalue weighted by molar-refractivity contribution is 0.762. The van der Waals surface area contributed by atoms with E-state index in [1.807, 2.05) is 48.5 Å². The number of benzene rings is 3. The van der Waals surface area contributed by atoms with E-state index in [4.69, 9.17) is 23.8 Å². The van der Waals surface area contributed by atoms with Gasteiger partial charge in [0.1, 0.15) is 0 Å². The molecule has 3 aromatic rings. The van der Waals surface area contributed by atoms with E-state index in [9.17, 15) is 0 Å². The summed E-state index contributed by atoms with van der Waals surface area (Å²) in [5, 5.41) is 7.93. The van der Waals surface area contributed by atoms with Crippen molar-refractivity contribution in [2.24, 2.45) is 0 Å². The van der Waals surface area contributed by atoms with Gasteiger partial charge in [-0.2, -0.15) is 0 Å². The van der Waals surface area contributed by atoms with Crippen LogP contribution in [0.1, 0.15) is 22.7 Å². The highest BCUT2D eigenvalue weighted by atomic mass is 35.5. The molecule has 0 saturated carbocycles. The number of aryl methyl sites for hydroxylation is 1. The predicted molar refractivity (Wildman–Crippen MR) is 110 cm³/mol. The van der Waals surface area contributed by atoms with Crippen molar-refractivity contribution in [3.63, 3.8) is 0 Å². The minimum atomic E-state index is -0.0188. The third-order valence-corrected chi connectivity index (χ3v) is 4.48. The quantitative estimate of drug-likeness (QED) is 0.577. The van der Waals surface area contributed by atoms with Crippen molar-refractivity contribution in [1.82, 2.24) is 5.32 Å². The molecule has 0 aliphatic carbocycles. The molecular formula is C21H19ClN2S. The van der Waals surface area contributed by atoms with Crippen LogP contribution in [0.5, 0.6) is 0 Å². The van der Waals surface area contributed by atoms with Crippen molar-refractivity contribution in [3.05, 3.63) is 101 Å². The Kier molecular flexibility index (Phi) is 5.69. The summed E-state index contributed by atoms with van der Waals surface area (Å²) in [5.74, 6) is 0. The first-order chi connectivity index (χ1) is 12.1. The van der Waals surface area contributed by atoms with Gasteiger partial charge in [0.05, 0.1) is 6.04 Å². The van der Waals surface area contributed by atoms with Gasteiger partial charge in [0, 0.05) is 10.7 Å². The van der Waals surface area contributed by atoms with E-state index >= 15 is 0 Å². The maximum atomic E-state index is 5.93. The summed E-state index contributed by atoms with van der Waals surface area (Å²) >= 11 is 11.5. The van der Waals surface area contributed by atoms with Gasteiger partial charge >= 0.3 is 0 Å². The number of hydrogen-bond acceptors (Lipinski definition) is 1. The summed E-state index contributed by atoms with van der Waals surface area (Å²) in [7, 11) is 0. The van der Waals surface area contributed by atoms with E-state index in [0.29, 0.717) is 10.1 Å². The molecule has 0 fully saturated rings. The third-order valence-electron chi connectivity index (χ3n) is 4.01. The maximum Gasteiger partial charge on any atom is 0.171 e. The molecule has 3 aromatic carbocycles. The van der Waals surface area contributed by atoms with Gasteiger partial charge in [-0.25, -0.2) is 0 Å². The van der Waals surface area contributed by atoms with Crippen LogP contribution in [0.25, 0.3) is 0 Å². The molecule has 3 rings (SSSR count). The van der Waals surface area contributed by atoms with Gasteiger partial charge in [-0.05, 0) is 60.1 Å². The maximum absolute atomic E-state index is 5.93. The van der Waals surface area contributed by atoms with Crippen molar-refractivity contribution in [3.8, 4) is 0 Å². The molecule has 0 amide bonds. The zero-order valence-electron chi connectivity index (χ0n) is 13.9. The van der Waals surface area contributed by atoms with Crippen LogP contribution in [-0.4, -0.2) is 5.11 Å². The molecule has 126 valence electrons. The van der Waals surface area contributed by atoms with E-state index in [1.54, 1.807) is 0 Å². The van der Waals surface area contributed by atoms with Crippen LogP contribution in [0.3, 0.4) is 0 Å². The average Bonchev–Trinajstić information content (AvgIpc) is 2.63. The lowest BCUT2D eigenvalue weighted by atomic mass is 9.95. The second-order valence-electron chi connectivity index (χ2n) is 5.81. The molecule has 4 heteroatoms. The largest absolute Gasteiger partial charge is 0.352 e. The molecule has 25 heavy (non-hydrogen) atoms. The van der Waals surface area contributed by atoms with Crippen LogP contribution >= 0.6 is 23.8 Å². The first kappa shape index (κ1) is 17.5. The molecule has 0 bridgehead atoms. The fourth-order valence-corrected chi connectivity index (χ4v) is 3.09. The highest BCUT2D eigenvalue weighted by Gasteiger charge is 2.16. The van der Waals surface area contributed by atoms with Crippen LogP contribution in [0.2, 0.25) is 5.02 Å². The molecule has 0 aliphatic rings. The van der Waals surface area contributed by atoms with Gasteiger partial charge in [-0.15, -0.1) is 0 Å². The lowest BCUT2D eigenvalue weighted by Gasteiger charge is -2.23. The molecule has 0 radical (unpaired) electrons. The zero-order valence-corrected chi connectivity index (χ0v) is 15.4. The smallest absolute Gasteiger partial charge is 0.171 e. The molecule has 0 saturated heterocycles. The number of thiocarbonyl (C=S) groups is 1. The summed E-state index contributed by atoms with van der Waals surface area (Å²) < 4.78 is 0. The Morgan fingerprint density at radius 3 is 2.20 bits per heavy atom. The standard InChI is InChI=1S/C21H19ClN2S/c1-15-7-5-6-10-19(15)20(16-8-3-2-4-9-16)24-21(25)23-18-13-11-17(22)12-14-18/h2-14,20H,1H3,(H2,23,24,25)/t20-/m1/s1. The number of hydrogen-bond donors (Lipinski definition) is 2. The molecular weight excluding hydrogens is 348 g/mol. The van der Waals surface area contributed by atoms with Crippen LogP contribution in [0.15, 0.2) is 78.9 Å². The molecule has 0 aliphatic heterocycles. The van der Waals surface area contributed by atoms with Crippen molar-refractivity contribution < 1.29 is 0 Å². The van der Waals surface area contributed by atoms with Crippen molar-refractivity contribution in [2.45, 2.75) is 13.0 Å². The highest BCUT2D eigenvalue weighted by Crippen LogP contribution is 2.25. The minimum Gasteiger partial charge on any atom is -0.352 e. The SMILES string of the molecule is Cc1ccccc1[C@H](NC(=S)Nc1ccc(Cl)cc1)c1ccccc1. The van der Waals surface area contributed by atoms with Gasteiger partial charge in [0.2, 0.25) is 0 Å². The Balaban J connectivity index is 1.84. The summed E-state index contributed by atoms with van der Waals surface area (Å²) in [6, 6.07) is 26.1. The van der Waals surface area contributed by atoms with Gasteiger partial charge in [-0.3, -0.25) is 0 Å². The minimum absolute atomic E-state index is 0.0188. The molecule has 2 nitrogen and oxygen atoms in total. The van der Waals surface area contributed by atoms with Crippen LogP contribution in [-0.2, 0) is 0 Å². The van der Waals surface area contributed by atoms with Gasteiger partial charge in [0.15, 0.2) is 5.11 Å². The van der Waals surface area contributed by atoms with Gasteiger partial charge < -0.3 is 10.6 Å². The molecule has 2 N–H and O–H groups in total. The van der Waals surface area contributed by atoms with Crippen LogP contribution in [0.4, 0.5) is 5.69 Å². The summed E-state index contributed by atoms with van der Waals surface area (Å²) in [6.07, 6.45) is 0. The topological polar surface area (TPSA) is 24.1 Å². The van der Waals surface area contributed by atoms with E-state index < -0.39 is 0 Å². The van der Waals surface area contributed by atoms with Crippen molar-refractivity contribution in [2.75, 3.05) is 5.32 Å². The Morgan fingerprint density at radius 1 is 0.880 bits per heavy atom. The number of halogens is 1. The zero-order chi connectivity index (χ0) is 17.6. The Labute approximate surface area is 158 Å². The van der Waals surface area contributed by atoms with Crippen molar-refractivity contribution in [1.29, 1.82) is 0 Å².